The molecule has 1 aliphatic heterocycles. The lowest BCUT2D eigenvalue weighted by Gasteiger charge is -2.20. The van der Waals surface area contributed by atoms with Crippen LogP contribution in [0.15, 0.2) is 73.0 Å². The summed E-state index contributed by atoms with van der Waals surface area (Å²) in [6, 6.07) is 17.4. The second-order valence-electron chi connectivity index (χ2n) is 4.77. The molecule has 3 rings (SSSR count). The third-order valence-electron chi connectivity index (χ3n) is 3.58. The first kappa shape index (κ1) is 11.8. The molecule has 0 fully saturated rings. The third-order valence-corrected chi connectivity index (χ3v) is 3.58. The molecule has 94 valence electrons. The van der Waals surface area contributed by atoms with Gasteiger partial charge >= 0.3 is 0 Å². The van der Waals surface area contributed by atoms with E-state index in [1.165, 1.54) is 22.3 Å². The fourth-order valence-corrected chi connectivity index (χ4v) is 2.56. The van der Waals surface area contributed by atoms with Gasteiger partial charge in [0.15, 0.2) is 0 Å². The molecular formula is C18H17N. The van der Waals surface area contributed by atoms with Crippen molar-refractivity contribution in [3.8, 4) is 11.1 Å². The van der Waals surface area contributed by atoms with E-state index < -0.39 is 0 Å². The Labute approximate surface area is 114 Å². The number of hydrogen-bond acceptors (Lipinski definition) is 1. The van der Waals surface area contributed by atoms with Crippen LogP contribution in [0.2, 0.25) is 0 Å². The number of rotatable bonds is 2. The molecule has 0 bridgehead atoms. The largest absolute Gasteiger partial charge is 0.381 e. The number of benzene rings is 2. The fraction of sp³-hybridized carbons (Fsp3) is 0.111. The first-order chi connectivity index (χ1) is 9.36. The summed E-state index contributed by atoms with van der Waals surface area (Å²) in [6.07, 6.45) is 8.30. The highest BCUT2D eigenvalue weighted by Gasteiger charge is 2.13. The Kier molecular flexibility index (Phi) is 3.20. The van der Waals surface area contributed by atoms with Gasteiger partial charge in [0.1, 0.15) is 0 Å². The number of hydrogen-bond donors (Lipinski definition) is 1. The zero-order valence-electron chi connectivity index (χ0n) is 11.0. The van der Waals surface area contributed by atoms with Gasteiger partial charge in [-0.05, 0) is 41.5 Å². The third kappa shape index (κ3) is 2.32. The molecule has 0 saturated heterocycles. The minimum atomic E-state index is 0.272. The molecule has 0 amide bonds. The van der Waals surface area contributed by atoms with Gasteiger partial charge in [-0.3, -0.25) is 0 Å². The predicted octanol–water partition coefficient (Wildman–Crippen LogP) is 4.38. The van der Waals surface area contributed by atoms with Crippen molar-refractivity contribution < 1.29 is 0 Å². The van der Waals surface area contributed by atoms with Crippen molar-refractivity contribution in [1.82, 2.24) is 5.32 Å². The molecule has 1 unspecified atom stereocenters. The van der Waals surface area contributed by atoms with Crippen LogP contribution in [-0.2, 0) is 0 Å². The molecule has 19 heavy (non-hydrogen) atoms. The molecule has 0 spiro atoms. The average Bonchev–Trinajstić information content (AvgIpc) is 2.49. The molecule has 0 radical (unpaired) electrons. The Morgan fingerprint density at radius 3 is 2.47 bits per heavy atom. The van der Waals surface area contributed by atoms with Crippen LogP contribution in [0.5, 0.6) is 0 Å². The van der Waals surface area contributed by atoms with Crippen LogP contribution in [0.3, 0.4) is 0 Å². The Morgan fingerprint density at radius 1 is 0.895 bits per heavy atom. The lowest BCUT2D eigenvalue weighted by molar-refractivity contribution is 0.741. The fourth-order valence-electron chi connectivity index (χ4n) is 2.56. The summed E-state index contributed by atoms with van der Waals surface area (Å²) in [5.74, 6) is 0. The summed E-state index contributed by atoms with van der Waals surface area (Å²) in [6.45, 7) is 2.20. The molecule has 0 saturated carbocycles. The molecule has 0 aliphatic carbocycles. The quantitative estimate of drug-likeness (QED) is 0.830. The van der Waals surface area contributed by atoms with Crippen LogP contribution in [0.25, 0.3) is 11.1 Å². The maximum Gasteiger partial charge on any atom is 0.0698 e. The second kappa shape index (κ2) is 5.15. The van der Waals surface area contributed by atoms with Crippen LogP contribution < -0.4 is 5.32 Å². The smallest absolute Gasteiger partial charge is 0.0698 e. The Morgan fingerprint density at radius 2 is 1.74 bits per heavy atom. The molecule has 1 N–H and O–H groups in total. The molecule has 0 aromatic heterocycles. The van der Waals surface area contributed by atoms with Crippen LogP contribution in [-0.4, -0.2) is 0 Å². The first-order valence-electron chi connectivity index (χ1n) is 6.60. The summed E-state index contributed by atoms with van der Waals surface area (Å²) in [7, 11) is 0. The molecule has 1 heterocycles. The molecular weight excluding hydrogens is 230 g/mol. The summed E-state index contributed by atoms with van der Waals surface area (Å²) < 4.78 is 0. The van der Waals surface area contributed by atoms with E-state index in [-0.39, 0.29) is 6.04 Å². The second-order valence-corrected chi connectivity index (χ2v) is 4.77. The van der Waals surface area contributed by atoms with E-state index in [0.717, 1.165) is 0 Å². The normalized spacial score (nSPS) is 17.2. The van der Waals surface area contributed by atoms with Gasteiger partial charge in [0.05, 0.1) is 6.04 Å². The average molecular weight is 247 g/mol. The number of allylic oxidation sites excluding steroid dienone is 2. The minimum absolute atomic E-state index is 0.272. The Bertz CT molecular complexity index is 623. The van der Waals surface area contributed by atoms with Gasteiger partial charge in [-0.15, -0.1) is 0 Å². The van der Waals surface area contributed by atoms with Gasteiger partial charge in [0, 0.05) is 0 Å². The van der Waals surface area contributed by atoms with Crippen molar-refractivity contribution in [3.05, 3.63) is 84.1 Å². The van der Waals surface area contributed by atoms with Crippen molar-refractivity contribution in [2.45, 2.75) is 13.0 Å². The van der Waals surface area contributed by atoms with Gasteiger partial charge in [-0.25, -0.2) is 0 Å². The monoisotopic (exact) mass is 247 g/mol. The van der Waals surface area contributed by atoms with Crippen LogP contribution in [0.4, 0.5) is 0 Å². The van der Waals surface area contributed by atoms with Crippen molar-refractivity contribution in [2.24, 2.45) is 0 Å². The van der Waals surface area contributed by atoms with E-state index in [9.17, 15) is 0 Å². The van der Waals surface area contributed by atoms with E-state index >= 15 is 0 Å². The highest BCUT2D eigenvalue weighted by atomic mass is 14.9. The highest BCUT2D eigenvalue weighted by molar-refractivity contribution is 5.68. The van der Waals surface area contributed by atoms with Gasteiger partial charge in [0.2, 0.25) is 0 Å². The van der Waals surface area contributed by atoms with Gasteiger partial charge < -0.3 is 5.32 Å². The standard InChI is InChI=1S/C18H17N/c1-14-16(15-8-3-2-4-9-15)10-7-11-17(14)18-12-5-6-13-19-18/h2-13,18-19H,1H3. The van der Waals surface area contributed by atoms with E-state index in [4.69, 9.17) is 0 Å². The minimum Gasteiger partial charge on any atom is -0.381 e. The highest BCUT2D eigenvalue weighted by Crippen LogP contribution is 2.29. The molecule has 2 aromatic rings. The maximum absolute atomic E-state index is 3.39. The molecule has 1 heteroatoms. The van der Waals surface area contributed by atoms with Gasteiger partial charge in [0.25, 0.3) is 0 Å². The van der Waals surface area contributed by atoms with Gasteiger partial charge in [-0.2, -0.15) is 0 Å². The van der Waals surface area contributed by atoms with E-state index in [1.54, 1.807) is 0 Å². The van der Waals surface area contributed by atoms with E-state index in [2.05, 4.69) is 72.9 Å². The predicted molar refractivity (Wildman–Crippen MR) is 80.8 cm³/mol. The summed E-state index contributed by atoms with van der Waals surface area (Å²) in [5.41, 5.74) is 5.26. The zero-order chi connectivity index (χ0) is 13.1. The number of dihydropyridines is 1. The van der Waals surface area contributed by atoms with Crippen LogP contribution in [0.1, 0.15) is 17.2 Å². The SMILES string of the molecule is Cc1c(-c2ccccc2)cccc1C1C=CC=CN1. The molecule has 2 aromatic carbocycles. The topological polar surface area (TPSA) is 12.0 Å². The summed E-state index contributed by atoms with van der Waals surface area (Å²) in [4.78, 5) is 0. The van der Waals surface area contributed by atoms with Crippen molar-refractivity contribution in [2.75, 3.05) is 0 Å². The van der Waals surface area contributed by atoms with E-state index in [1.807, 2.05) is 12.3 Å². The van der Waals surface area contributed by atoms with Gasteiger partial charge in [-0.1, -0.05) is 60.7 Å². The summed E-state index contributed by atoms with van der Waals surface area (Å²) in [5, 5.41) is 3.39. The van der Waals surface area contributed by atoms with Crippen molar-refractivity contribution in [1.29, 1.82) is 0 Å². The first-order valence-corrected chi connectivity index (χ1v) is 6.60. The molecule has 1 nitrogen and oxygen atoms in total. The van der Waals surface area contributed by atoms with E-state index in [0.29, 0.717) is 0 Å². The van der Waals surface area contributed by atoms with Crippen LogP contribution in [0, 0.1) is 6.92 Å². The van der Waals surface area contributed by atoms with Crippen molar-refractivity contribution in [3.63, 3.8) is 0 Å². The molecule has 1 aliphatic rings. The maximum atomic E-state index is 3.39. The molecule has 1 atom stereocenters. The Balaban J connectivity index is 2.04. The van der Waals surface area contributed by atoms with Crippen molar-refractivity contribution >= 4 is 0 Å². The van der Waals surface area contributed by atoms with Crippen LogP contribution >= 0.6 is 0 Å². The lowest BCUT2D eigenvalue weighted by Crippen LogP contribution is -2.16. The summed E-state index contributed by atoms with van der Waals surface area (Å²) >= 11 is 0. The zero-order valence-corrected chi connectivity index (χ0v) is 11.0. The lowest BCUT2D eigenvalue weighted by atomic mass is 9.92. The Hall–Kier alpha value is -2.28. The number of nitrogens with one attached hydrogen (secondary N) is 1.